The Hall–Kier alpha value is -5.01. The van der Waals surface area contributed by atoms with Crippen LogP contribution in [0.2, 0.25) is 0 Å². The van der Waals surface area contributed by atoms with Gasteiger partial charge in [-0.05, 0) is 48.4 Å². The van der Waals surface area contributed by atoms with Crippen molar-refractivity contribution in [1.29, 1.82) is 0 Å². The number of rotatable bonds is 4. The molecule has 3 N–H and O–H groups in total. The van der Waals surface area contributed by atoms with Crippen LogP contribution < -0.4 is 4.90 Å². The van der Waals surface area contributed by atoms with Gasteiger partial charge < -0.3 is 20.2 Å². The fourth-order valence-electron chi connectivity index (χ4n) is 4.60. The number of hydrogen-bond donors (Lipinski definition) is 3. The molecule has 1 spiro atoms. The van der Waals surface area contributed by atoms with Crippen LogP contribution in [0.25, 0.3) is 0 Å². The molecule has 0 radical (unpaired) electrons. The highest BCUT2D eigenvalue weighted by atomic mass is 19.4. The van der Waals surface area contributed by atoms with Crippen molar-refractivity contribution in [3.05, 3.63) is 84.2 Å². The second-order valence-corrected chi connectivity index (χ2v) is 10.1. The normalized spacial score (nSPS) is 17.1. The van der Waals surface area contributed by atoms with E-state index in [0.717, 1.165) is 39.1 Å². The van der Waals surface area contributed by atoms with E-state index in [9.17, 15) is 39.5 Å². The third-order valence-corrected chi connectivity index (χ3v) is 6.51. The maximum absolute atomic E-state index is 10.6. The van der Waals surface area contributed by atoms with Crippen LogP contribution in [-0.4, -0.2) is 91.2 Å². The van der Waals surface area contributed by atoms with Crippen LogP contribution in [0.1, 0.15) is 23.2 Å². The summed E-state index contributed by atoms with van der Waals surface area (Å²) < 4.78 is 95.2. The number of carboxylic acids is 3. The zero-order valence-electron chi connectivity index (χ0n) is 24.3. The fraction of sp³-hybridized carbons (Fsp3) is 0.357. The Bertz CT molecular complexity index is 1450. The van der Waals surface area contributed by atoms with E-state index in [1.807, 2.05) is 43.1 Å². The summed E-state index contributed by atoms with van der Waals surface area (Å²) >= 11 is 0. The molecule has 5 rings (SSSR count). The Morgan fingerprint density at radius 3 is 1.54 bits per heavy atom. The van der Waals surface area contributed by atoms with Crippen molar-refractivity contribution in [2.75, 3.05) is 24.5 Å². The summed E-state index contributed by atoms with van der Waals surface area (Å²) in [6.45, 7) is 5.02. The van der Waals surface area contributed by atoms with Crippen molar-refractivity contribution >= 4 is 23.6 Å². The molecule has 1 fully saturated rings. The minimum Gasteiger partial charge on any atom is -0.475 e. The van der Waals surface area contributed by atoms with Gasteiger partial charge in [0.25, 0.3) is 0 Å². The molecule has 3 aromatic heterocycles. The van der Waals surface area contributed by atoms with Crippen molar-refractivity contribution in [3.63, 3.8) is 0 Å². The second-order valence-electron chi connectivity index (χ2n) is 10.1. The molecule has 0 bridgehead atoms. The number of pyridine rings is 3. The minimum absolute atomic E-state index is 0.126. The Kier molecular flexibility index (Phi) is 13.2. The monoisotopic (exact) mass is 699 g/mol. The molecule has 2 aliphatic rings. The zero-order valence-corrected chi connectivity index (χ0v) is 24.3. The number of aliphatic carboxylic acids is 3. The summed E-state index contributed by atoms with van der Waals surface area (Å²) in [4.78, 5) is 45.1. The fourth-order valence-corrected chi connectivity index (χ4v) is 4.60. The first kappa shape index (κ1) is 39.2. The van der Waals surface area contributed by atoms with E-state index >= 15 is 0 Å². The topological polar surface area (TPSA) is 157 Å². The Morgan fingerprint density at radius 1 is 0.688 bits per heavy atom. The molecule has 0 aromatic carbocycles. The number of nitrogens with zero attached hydrogens (tertiary/aromatic N) is 5. The molecule has 3 aromatic rings. The Balaban J connectivity index is 0.000000313. The number of likely N-dealkylation sites (tertiary alicyclic amines) is 1. The summed E-state index contributed by atoms with van der Waals surface area (Å²) in [5, 5.41) is 21.4. The molecule has 20 heteroatoms. The van der Waals surface area contributed by atoms with Crippen LogP contribution in [0.3, 0.4) is 0 Å². The lowest BCUT2D eigenvalue weighted by atomic mass is 9.85. The summed E-state index contributed by atoms with van der Waals surface area (Å²) in [7, 11) is 0. The molecule has 0 aliphatic carbocycles. The first-order valence-electron chi connectivity index (χ1n) is 13.3. The van der Waals surface area contributed by atoms with E-state index in [2.05, 4.69) is 44.0 Å². The zero-order chi connectivity index (χ0) is 36.3. The van der Waals surface area contributed by atoms with Gasteiger partial charge in [-0.15, -0.1) is 0 Å². The summed E-state index contributed by atoms with van der Waals surface area (Å²) in [6, 6.07) is 12.6. The van der Waals surface area contributed by atoms with Gasteiger partial charge in [0, 0.05) is 62.6 Å². The lowest BCUT2D eigenvalue weighted by molar-refractivity contribution is -0.193. The average molecular weight is 700 g/mol. The molecule has 0 saturated carbocycles. The lowest BCUT2D eigenvalue weighted by Gasteiger charge is -2.26. The van der Waals surface area contributed by atoms with E-state index in [-0.39, 0.29) is 5.41 Å². The molecule has 2 aliphatic heterocycles. The number of carbonyl (C=O) groups is 3. The molecule has 1 unspecified atom stereocenters. The predicted octanol–water partition coefficient (Wildman–Crippen LogP) is 4.94. The number of alkyl halides is 9. The maximum atomic E-state index is 10.6. The molecular weight excluding hydrogens is 673 g/mol. The van der Waals surface area contributed by atoms with Gasteiger partial charge >= 0.3 is 36.4 Å². The molecule has 0 amide bonds. The van der Waals surface area contributed by atoms with Crippen molar-refractivity contribution < 1.29 is 69.2 Å². The van der Waals surface area contributed by atoms with Crippen LogP contribution in [0.4, 0.5) is 45.2 Å². The summed E-state index contributed by atoms with van der Waals surface area (Å²) in [5.41, 5.74) is 5.20. The van der Waals surface area contributed by atoms with Crippen molar-refractivity contribution in [1.82, 2.24) is 19.9 Å². The number of anilines is 1. The van der Waals surface area contributed by atoms with Gasteiger partial charge in [-0.1, -0.05) is 12.1 Å². The molecule has 5 heterocycles. The van der Waals surface area contributed by atoms with E-state index < -0.39 is 36.4 Å². The van der Waals surface area contributed by atoms with Gasteiger partial charge in [0.15, 0.2) is 0 Å². The third-order valence-electron chi connectivity index (χ3n) is 6.51. The highest BCUT2D eigenvalue weighted by Crippen LogP contribution is 2.45. The van der Waals surface area contributed by atoms with Crippen LogP contribution in [-0.2, 0) is 32.9 Å². The highest BCUT2D eigenvalue weighted by Gasteiger charge is 2.48. The van der Waals surface area contributed by atoms with Crippen LogP contribution >= 0.6 is 0 Å². The summed E-state index contributed by atoms with van der Waals surface area (Å²) in [5.74, 6) is -8.27. The number of halogens is 9. The quantitative estimate of drug-likeness (QED) is 0.317. The van der Waals surface area contributed by atoms with E-state index in [1.165, 1.54) is 22.5 Å². The Labute approximate surface area is 265 Å². The second kappa shape index (κ2) is 16.2. The van der Waals surface area contributed by atoms with Gasteiger partial charge in [0.1, 0.15) is 0 Å². The van der Waals surface area contributed by atoms with Crippen molar-refractivity contribution in [3.8, 4) is 0 Å². The molecule has 262 valence electrons. The van der Waals surface area contributed by atoms with Crippen LogP contribution in [0.5, 0.6) is 0 Å². The van der Waals surface area contributed by atoms with E-state index in [0.29, 0.717) is 0 Å². The van der Waals surface area contributed by atoms with Gasteiger partial charge in [-0.2, -0.15) is 39.5 Å². The van der Waals surface area contributed by atoms with Gasteiger partial charge in [-0.25, -0.2) is 14.4 Å². The smallest absolute Gasteiger partial charge is 0.475 e. The average Bonchev–Trinajstić information content (AvgIpc) is 3.53. The molecule has 1 atom stereocenters. The SMILES string of the molecule is O=C(O)C(F)(F)F.O=C(O)C(F)(F)F.O=C(O)C(F)(F)F.c1cncc(CN2CCC3(C2)CN(Cc2cccnc2)c2cccnc23)c1. The predicted molar refractivity (Wildman–Crippen MR) is 146 cm³/mol. The van der Waals surface area contributed by atoms with Gasteiger partial charge in [0.2, 0.25) is 0 Å². The largest absolute Gasteiger partial charge is 0.490 e. The van der Waals surface area contributed by atoms with Gasteiger partial charge in [0.05, 0.1) is 11.4 Å². The van der Waals surface area contributed by atoms with E-state index in [1.54, 1.807) is 0 Å². The van der Waals surface area contributed by atoms with E-state index in [4.69, 9.17) is 34.7 Å². The molecule has 48 heavy (non-hydrogen) atoms. The molecule has 1 saturated heterocycles. The molecule has 11 nitrogen and oxygen atoms in total. The number of aromatic nitrogens is 3. The van der Waals surface area contributed by atoms with Gasteiger partial charge in [-0.3, -0.25) is 19.9 Å². The highest BCUT2D eigenvalue weighted by molar-refractivity contribution is 5.73. The van der Waals surface area contributed by atoms with Crippen molar-refractivity contribution in [2.45, 2.75) is 43.5 Å². The first-order chi connectivity index (χ1) is 22.2. The third kappa shape index (κ3) is 12.0. The van der Waals surface area contributed by atoms with Crippen molar-refractivity contribution in [2.24, 2.45) is 0 Å². The van der Waals surface area contributed by atoms with Crippen LogP contribution in [0, 0.1) is 0 Å². The maximum Gasteiger partial charge on any atom is 0.490 e. The number of hydrogen-bond acceptors (Lipinski definition) is 8. The summed E-state index contributed by atoms with van der Waals surface area (Å²) in [6.07, 6.45) is -4.55. The van der Waals surface area contributed by atoms with Crippen LogP contribution in [0.15, 0.2) is 67.4 Å². The minimum atomic E-state index is -5.08. The number of carboxylic acid groups (broad SMARTS) is 3. The first-order valence-corrected chi connectivity index (χ1v) is 13.3. The standard InChI is InChI=1S/C22H23N5.3C2HF3O2/c1-4-18(12-23-8-1)14-26-11-7-22(16-26)17-27(15-19-5-2-9-24-13-19)20-6-3-10-25-21(20)22;3*3-2(4,5)1(6)7/h1-6,8-10,12-13H,7,11,14-17H2;3*(H,6,7). The molecular formula is C28H26F9N5O6. The number of fused-ring (bicyclic) bond motifs is 2. The lowest BCUT2D eigenvalue weighted by Crippen LogP contribution is -2.36. The Morgan fingerprint density at radius 2 is 1.12 bits per heavy atom.